The molecule has 0 aliphatic rings. The molecule has 0 atom stereocenters. The summed E-state index contributed by atoms with van der Waals surface area (Å²) < 4.78 is 5.25. The van der Waals surface area contributed by atoms with Crippen molar-refractivity contribution in [2.24, 2.45) is 0 Å². The molecule has 2 heteroatoms. The molecule has 1 aromatic rings. The van der Waals surface area contributed by atoms with Crippen molar-refractivity contribution in [3.05, 3.63) is 18.2 Å². The summed E-state index contributed by atoms with van der Waals surface area (Å²) >= 11 is 0. The molecule has 0 N–H and O–H groups in total. The van der Waals surface area contributed by atoms with E-state index in [1.807, 2.05) is 0 Å². The van der Waals surface area contributed by atoms with E-state index in [-0.39, 0.29) is 0 Å². The highest BCUT2D eigenvalue weighted by molar-refractivity contribution is 4.84. The van der Waals surface area contributed by atoms with E-state index in [4.69, 9.17) is 0 Å². The second kappa shape index (κ2) is 33.6. The van der Waals surface area contributed by atoms with Crippen molar-refractivity contribution in [2.45, 2.75) is 252 Å². The maximum absolute atomic E-state index is 2.63. The number of imidazole rings is 1. The van der Waals surface area contributed by atoms with Crippen LogP contribution in [-0.2, 0) is 19.5 Å². The zero-order valence-corrected chi connectivity index (χ0v) is 31.0. The van der Waals surface area contributed by atoms with Crippen LogP contribution >= 0.6 is 0 Å². The molecular weight excluding hydrogens is 532 g/mol. The Kier molecular flexibility index (Phi) is 31.5. The SMILES string of the molecule is CCCCCCCCCCCCCCCCCCCc1n(CCCCCCCCCCCCC)cc[n+]1CCCCCCC. The Labute approximate surface area is 279 Å². The van der Waals surface area contributed by atoms with Gasteiger partial charge in [-0.15, -0.1) is 0 Å². The van der Waals surface area contributed by atoms with Crippen LogP contribution in [0.1, 0.15) is 238 Å². The summed E-state index contributed by atoms with van der Waals surface area (Å²) in [5.74, 6) is 1.62. The Balaban J connectivity index is 2.17. The number of nitrogens with zero attached hydrogens (tertiary/aromatic N) is 2. The van der Waals surface area contributed by atoms with Crippen LogP contribution in [0.2, 0.25) is 0 Å². The van der Waals surface area contributed by atoms with Crippen LogP contribution in [-0.4, -0.2) is 4.57 Å². The van der Waals surface area contributed by atoms with E-state index in [0.717, 1.165) is 0 Å². The first-order chi connectivity index (χ1) is 21.8. The molecule has 0 radical (unpaired) electrons. The molecule has 0 spiro atoms. The summed E-state index contributed by atoms with van der Waals surface area (Å²) in [4.78, 5) is 0. The van der Waals surface area contributed by atoms with Gasteiger partial charge in [0.05, 0.1) is 13.1 Å². The van der Waals surface area contributed by atoms with Crippen molar-refractivity contribution in [3.8, 4) is 0 Å². The van der Waals surface area contributed by atoms with E-state index < -0.39 is 0 Å². The lowest BCUT2D eigenvalue weighted by Gasteiger charge is -2.07. The van der Waals surface area contributed by atoms with Gasteiger partial charge in [-0.3, -0.25) is 0 Å². The normalized spacial score (nSPS) is 11.6. The average molecular weight is 616 g/mol. The van der Waals surface area contributed by atoms with Crippen molar-refractivity contribution >= 4 is 0 Å². The monoisotopic (exact) mass is 616 g/mol. The first-order valence-electron chi connectivity index (χ1n) is 20.9. The fraction of sp³-hybridized carbons (Fsp3) is 0.929. The fourth-order valence-electron chi connectivity index (χ4n) is 7.03. The van der Waals surface area contributed by atoms with Gasteiger partial charge in [0.25, 0.3) is 5.82 Å². The molecule has 2 nitrogen and oxygen atoms in total. The van der Waals surface area contributed by atoms with Crippen LogP contribution in [0.5, 0.6) is 0 Å². The lowest BCUT2D eigenvalue weighted by Crippen LogP contribution is -2.37. The van der Waals surface area contributed by atoms with Gasteiger partial charge in [-0.1, -0.05) is 201 Å². The smallest absolute Gasteiger partial charge is 0.234 e. The summed E-state index contributed by atoms with van der Waals surface area (Å²) in [6, 6.07) is 0. The summed E-state index contributed by atoms with van der Waals surface area (Å²) in [5, 5.41) is 0. The van der Waals surface area contributed by atoms with Crippen LogP contribution in [0.15, 0.2) is 12.4 Å². The Bertz CT molecular complexity index is 677. The van der Waals surface area contributed by atoms with Crippen molar-refractivity contribution in [3.63, 3.8) is 0 Å². The number of aromatic nitrogens is 2. The predicted octanol–water partition coefficient (Wildman–Crippen LogP) is 14.3. The number of hydrogen-bond donors (Lipinski definition) is 0. The zero-order valence-electron chi connectivity index (χ0n) is 31.0. The topological polar surface area (TPSA) is 8.81 Å². The van der Waals surface area contributed by atoms with Crippen LogP contribution in [0.3, 0.4) is 0 Å². The van der Waals surface area contributed by atoms with Gasteiger partial charge in [-0.25, -0.2) is 9.13 Å². The molecule has 260 valence electrons. The zero-order chi connectivity index (χ0) is 31.6. The van der Waals surface area contributed by atoms with Gasteiger partial charge >= 0.3 is 0 Å². The Hall–Kier alpha value is -0.790. The van der Waals surface area contributed by atoms with Crippen molar-refractivity contribution in [2.75, 3.05) is 0 Å². The van der Waals surface area contributed by atoms with E-state index in [0.29, 0.717) is 0 Å². The van der Waals surface area contributed by atoms with Gasteiger partial charge in [0.2, 0.25) is 0 Å². The lowest BCUT2D eigenvalue weighted by atomic mass is 10.0. The van der Waals surface area contributed by atoms with E-state index in [9.17, 15) is 0 Å². The minimum Gasteiger partial charge on any atom is -0.234 e. The van der Waals surface area contributed by atoms with Crippen LogP contribution in [0, 0.1) is 0 Å². The van der Waals surface area contributed by atoms with Gasteiger partial charge < -0.3 is 0 Å². The number of hydrogen-bond acceptors (Lipinski definition) is 0. The predicted molar refractivity (Wildman–Crippen MR) is 198 cm³/mol. The quantitative estimate of drug-likeness (QED) is 0.0524. The summed E-state index contributed by atoms with van der Waals surface area (Å²) in [6.07, 6.45) is 53.4. The van der Waals surface area contributed by atoms with Crippen LogP contribution in [0.25, 0.3) is 0 Å². The molecule has 0 unspecified atom stereocenters. The second-order valence-corrected chi connectivity index (χ2v) is 14.5. The lowest BCUT2D eigenvalue weighted by molar-refractivity contribution is -0.704. The van der Waals surface area contributed by atoms with Crippen LogP contribution in [0.4, 0.5) is 0 Å². The summed E-state index contributed by atoms with van der Waals surface area (Å²) in [7, 11) is 0. The highest BCUT2D eigenvalue weighted by Crippen LogP contribution is 2.16. The average Bonchev–Trinajstić information content (AvgIpc) is 3.42. The molecule has 1 rings (SSSR count). The minimum atomic E-state index is 1.23. The summed E-state index contributed by atoms with van der Waals surface area (Å²) in [6.45, 7) is 9.40. The third-order valence-electron chi connectivity index (χ3n) is 10.1. The highest BCUT2D eigenvalue weighted by atomic mass is 15.1. The highest BCUT2D eigenvalue weighted by Gasteiger charge is 2.16. The Morgan fingerprint density at radius 3 is 1.09 bits per heavy atom. The number of rotatable bonds is 36. The molecule has 0 aliphatic carbocycles. The van der Waals surface area contributed by atoms with E-state index in [1.165, 1.54) is 231 Å². The van der Waals surface area contributed by atoms with Gasteiger partial charge in [0, 0.05) is 6.42 Å². The molecule has 1 aromatic heterocycles. The largest absolute Gasteiger partial charge is 0.256 e. The van der Waals surface area contributed by atoms with Crippen molar-refractivity contribution in [1.82, 2.24) is 4.57 Å². The number of aryl methyl sites for hydroxylation is 2. The molecule has 0 saturated heterocycles. The first kappa shape index (κ1) is 41.2. The second-order valence-electron chi connectivity index (χ2n) is 14.5. The molecule has 0 aliphatic heterocycles. The maximum Gasteiger partial charge on any atom is 0.256 e. The molecule has 0 saturated carbocycles. The first-order valence-corrected chi connectivity index (χ1v) is 20.9. The standard InChI is InChI=1S/C42H83N2/c1-4-7-10-13-15-17-19-20-21-22-23-24-25-27-29-31-34-37-42-43(38-35-32-12-9-6-3)40-41-44(42)39-36-33-30-28-26-18-16-14-11-8-5-2/h40-41H,4-39H2,1-3H3/q+1. The number of unbranched alkanes of at least 4 members (excludes halogenated alkanes) is 30. The van der Waals surface area contributed by atoms with Gasteiger partial charge in [0.15, 0.2) is 0 Å². The van der Waals surface area contributed by atoms with Gasteiger partial charge in [-0.2, -0.15) is 0 Å². The Morgan fingerprint density at radius 2 is 0.705 bits per heavy atom. The van der Waals surface area contributed by atoms with E-state index in [2.05, 4.69) is 42.3 Å². The maximum atomic E-state index is 2.63. The van der Waals surface area contributed by atoms with Crippen molar-refractivity contribution < 1.29 is 4.57 Å². The summed E-state index contributed by atoms with van der Waals surface area (Å²) in [5.41, 5.74) is 0. The van der Waals surface area contributed by atoms with Gasteiger partial charge in [-0.05, 0) is 32.1 Å². The van der Waals surface area contributed by atoms with Crippen molar-refractivity contribution in [1.29, 1.82) is 0 Å². The molecule has 0 fully saturated rings. The van der Waals surface area contributed by atoms with E-state index in [1.54, 1.807) is 5.82 Å². The third-order valence-corrected chi connectivity index (χ3v) is 10.1. The third kappa shape index (κ3) is 25.4. The Morgan fingerprint density at radius 1 is 0.386 bits per heavy atom. The molecule has 0 aromatic carbocycles. The van der Waals surface area contributed by atoms with E-state index >= 15 is 0 Å². The molecule has 44 heavy (non-hydrogen) atoms. The van der Waals surface area contributed by atoms with Gasteiger partial charge in [0.1, 0.15) is 12.4 Å². The molecule has 0 amide bonds. The molecular formula is C42H83N2+. The molecule has 0 bridgehead atoms. The van der Waals surface area contributed by atoms with Crippen LogP contribution < -0.4 is 4.57 Å². The minimum absolute atomic E-state index is 1.23. The fourth-order valence-corrected chi connectivity index (χ4v) is 7.03. The molecule has 1 heterocycles.